The summed E-state index contributed by atoms with van der Waals surface area (Å²) < 4.78 is 5.20. The van der Waals surface area contributed by atoms with Crippen LogP contribution in [0.25, 0.3) is 0 Å². The molecule has 0 aliphatic rings. The van der Waals surface area contributed by atoms with E-state index < -0.39 is 0 Å². The van der Waals surface area contributed by atoms with Crippen LogP contribution in [0.1, 0.15) is 17.1 Å². The first-order valence-electron chi connectivity index (χ1n) is 6.40. The van der Waals surface area contributed by atoms with Crippen molar-refractivity contribution in [3.05, 3.63) is 35.7 Å². The highest BCUT2D eigenvalue weighted by molar-refractivity contribution is 4.86. The first-order chi connectivity index (χ1) is 9.88. The van der Waals surface area contributed by atoms with Crippen LogP contribution in [-0.2, 0) is 21.1 Å². The van der Waals surface area contributed by atoms with Crippen molar-refractivity contribution in [2.45, 2.75) is 20.8 Å². The second-order valence-corrected chi connectivity index (χ2v) is 4.63. The number of aryl methyl sites for hydroxylation is 6. The smallest absolute Gasteiger partial charge is 0.215 e. The van der Waals surface area contributed by atoms with Crippen LogP contribution in [0.2, 0.25) is 0 Å². The molecule has 0 fully saturated rings. The van der Waals surface area contributed by atoms with E-state index in [0.29, 0.717) is 0 Å². The van der Waals surface area contributed by atoms with Gasteiger partial charge in [-0.3, -0.25) is 9.36 Å². The molecule has 0 atom stereocenters. The van der Waals surface area contributed by atoms with Gasteiger partial charge in [0.2, 0.25) is 5.69 Å². The van der Waals surface area contributed by atoms with Crippen LogP contribution in [0, 0.1) is 20.8 Å². The maximum absolute atomic E-state index is 3.85. The van der Waals surface area contributed by atoms with E-state index in [2.05, 4.69) is 30.9 Å². The van der Waals surface area contributed by atoms with E-state index in [0.717, 1.165) is 17.1 Å². The monoisotopic (exact) mass is 292 g/mol. The molecule has 0 saturated heterocycles. The Kier molecular flexibility index (Phi) is 6.18. The number of hydrogen-bond acceptors (Lipinski definition) is 5. The molecule has 3 heterocycles. The molecule has 0 radical (unpaired) electrons. The van der Waals surface area contributed by atoms with Crippen molar-refractivity contribution in [3.63, 3.8) is 0 Å². The fourth-order valence-electron chi connectivity index (χ4n) is 1.30. The van der Waals surface area contributed by atoms with Gasteiger partial charge in [-0.05, 0) is 13.8 Å². The molecule has 3 aromatic rings. The molecule has 0 saturated carbocycles. The number of rotatable bonds is 0. The Morgan fingerprint density at radius 2 is 1.81 bits per heavy atom. The molecular formula is C12H22N9+. The van der Waals surface area contributed by atoms with Crippen LogP contribution in [-0.4, -0.2) is 40.3 Å². The molecular weight excluding hydrogens is 270 g/mol. The van der Waals surface area contributed by atoms with Crippen LogP contribution < -0.4 is 4.68 Å². The van der Waals surface area contributed by atoms with E-state index in [1.807, 2.05) is 54.3 Å². The van der Waals surface area contributed by atoms with E-state index >= 15 is 0 Å². The normalized spacial score (nSPS) is 9.43. The molecule has 9 nitrogen and oxygen atoms in total. The van der Waals surface area contributed by atoms with Crippen molar-refractivity contribution in [2.24, 2.45) is 21.1 Å². The standard InChI is InChI=1S/3C4H7N3/c2*1-4-3-7(2)6-5-4;1-4-3-5-6-7(4)2/h3*3H,1-2H3/p+1. The SMILES string of the molecule is Cc1c[n+](C)[nH]n1.Cc1cn(C)nn1.Cc1cnnn1C. The summed E-state index contributed by atoms with van der Waals surface area (Å²) in [6, 6.07) is 0. The van der Waals surface area contributed by atoms with E-state index in [1.54, 1.807) is 20.2 Å². The Morgan fingerprint density at radius 3 is 1.95 bits per heavy atom. The fraction of sp³-hybridized carbons (Fsp3) is 0.500. The highest BCUT2D eigenvalue weighted by Gasteiger charge is 1.94. The third-order valence-corrected chi connectivity index (χ3v) is 2.42. The molecule has 3 aromatic heterocycles. The fourth-order valence-corrected chi connectivity index (χ4v) is 1.30. The first-order valence-corrected chi connectivity index (χ1v) is 6.40. The van der Waals surface area contributed by atoms with Crippen LogP contribution >= 0.6 is 0 Å². The van der Waals surface area contributed by atoms with Gasteiger partial charge >= 0.3 is 0 Å². The highest BCUT2D eigenvalue weighted by atomic mass is 15.4. The third-order valence-electron chi connectivity index (χ3n) is 2.42. The zero-order valence-electron chi connectivity index (χ0n) is 13.3. The highest BCUT2D eigenvalue weighted by Crippen LogP contribution is 1.85. The maximum atomic E-state index is 3.85. The summed E-state index contributed by atoms with van der Waals surface area (Å²) in [5.74, 6) is 0. The lowest BCUT2D eigenvalue weighted by molar-refractivity contribution is -0.730. The summed E-state index contributed by atoms with van der Waals surface area (Å²) in [5.41, 5.74) is 3.06. The van der Waals surface area contributed by atoms with E-state index in [4.69, 9.17) is 0 Å². The van der Waals surface area contributed by atoms with Gasteiger partial charge in [0.1, 0.15) is 7.05 Å². The number of hydrogen-bond donors (Lipinski definition) is 1. The Morgan fingerprint density at radius 1 is 1.10 bits per heavy atom. The van der Waals surface area contributed by atoms with Gasteiger partial charge in [0, 0.05) is 32.3 Å². The minimum absolute atomic E-state index is 0.961. The summed E-state index contributed by atoms with van der Waals surface area (Å²) in [7, 11) is 5.61. The topological polar surface area (TPSA) is 94.0 Å². The molecule has 0 amide bonds. The number of nitrogens with one attached hydrogen (secondary N) is 1. The maximum Gasteiger partial charge on any atom is 0.215 e. The van der Waals surface area contributed by atoms with Crippen molar-refractivity contribution in [3.8, 4) is 0 Å². The predicted molar refractivity (Wildman–Crippen MR) is 76.0 cm³/mol. The molecule has 21 heavy (non-hydrogen) atoms. The summed E-state index contributed by atoms with van der Waals surface area (Å²) in [5, 5.41) is 21.3. The molecule has 114 valence electrons. The molecule has 3 rings (SSSR count). The Balaban J connectivity index is 0.000000157. The van der Waals surface area contributed by atoms with Gasteiger partial charge in [0.05, 0.1) is 17.6 Å². The average molecular weight is 292 g/mol. The molecule has 0 unspecified atom stereocenters. The van der Waals surface area contributed by atoms with E-state index in [-0.39, 0.29) is 0 Å². The van der Waals surface area contributed by atoms with Crippen molar-refractivity contribution in [2.75, 3.05) is 0 Å². The largest absolute Gasteiger partial charge is 0.255 e. The Bertz CT molecular complexity index is 561. The van der Waals surface area contributed by atoms with Crippen molar-refractivity contribution in [1.29, 1.82) is 0 Å². The Labute approximate surface area is 123 Å². The summed E-state index contributed by atoms with van der Waals surface area (Å²) >= 11 is 0. The van der Waals surface area contributed by atoms with Crippen LogP contribution in [0.5, 0.6) is 0 Å². The number of H-pyrrole nitrogens is 1. The molecule has 1 N–H and O–H groups in total. The van der Waals surface area contributed by atoms with Gasteiger partial charge in [-0.1, -0.05) is 15.6 Å². The van der Waals surface area contributed by atoms with Gasteiger partial charge < -0.3 is 0 Å². The molecule has 0 bridgehead atoms. The minimum Gasteiger partial charge on any atom is -0.255 e. The lowest BCUT2D eigenvalue weighted by Crippen LogP contribution is -2.28. The van der Waals surface area contributed by atoms with Gasteiger partial charge in [0.15, 0.2) is 6.20 Å². The third kappa shape index (κ3) is 6.41. The quantitative estimate of drug-likeness (QED) is 0.579. The van der Waals surface area contributed by atoms with Crippen LogP contribution in [0.4, 0.5) is 0 Å². The van der Waals surface area contributed by atoms with Crippen molar-refractivity contribution >= 4 is 0 Å². The lowest BCUT2D eigenvalue weighted by atomic mass is 10.6. The molecule has 0 spiro atoms. The van der Waals surface area contributed by atoms with Crippen LogP contribution in [0.15, 0.2) is 18.6 Å². The summed E-state index contributed by atoms with van der Waals surface area (Å²) in [4.78, 5) is 0. The predicted octanol–water partition coefficient (Wildman–Crippen LogP) is -0.210. The van der Waals surface area contributed by atoms with Crippen molar-refractivity contribution < 1.29 is 4.68 Å². The lowest BCUT2D eigenvalue weighted by Gasteiger charge is -1.84. The zero-order valence-corrected chi connectivity index (χ0v) is 13.3. The molecule has 0 aliphatic carbocycles. The van der Waals surface area contributed by atoms with E-state index in [9.17, 15) is 0 Å². The van der Waals surface area contributed by atoms with Gasteiger partial charge in [-0.25, -0.2) is 0 Å². The molecule has 9 heteroatoms. The van der Waals surface area contributed by atoms with Crippen molar-refractivity contribution in [1.82, 2.24) is 40.3 Å². The van der Waals surface area contributed by atoms with E-state index in [1.165, 1.54) is 0 Å². The average Bonchev–Trinajstić information content (AvgIpc) is 3.08. The number of aromatic nitrogens is 9. The van der Waals surface area contributed by atoms with Gasteiger partial charge in [-0.2, -0.15) is 4.68 Å². The second-order valence-electron chi connectivity index (χ2n) is 4.63. The first kappa shape index (κ1) is 16.5. The Hall–Kier alpha value is -2.58. The van der Waals surface area contributed by atoms with Crippen LogP contribution in [0.3, 0.4) is 0 Å². The molecule has 0 aliphatic heterocycles. The summed E-state index contributed by atoms with van der Waals surface area (Å²) in [6.07, 6.45) is 5.50. The number of aromatic amines is 1. The molecule has 0 aromatic carbocycles. The summed E-state index contributed by atoms with van der Waals surface area (Å²) in [6.45, 7) is 5.81. The second kappa shape index (κ2) is 7.88. The number of nitrogens with zero attached hydrogens (tertiary/aromatic N) is 8. The minimum atomic E-state index is 0.961. The van der Waals surface area contributed by atoms with Gasteiger partial charge in [0.25, 0.3) is 0 Å². The van der Waals surface area contributed by atoms with Gasteiger partial charge in [-0.15, -0.1) is 10.2 Å². The zero-order chi connectivity index (χ0) is 15.8.